The second kappa shape index (κ2) is 6.74. The first-order chi connectivity index (χ1) is 6.99. The van der Waals surface area contributed by atoms with Gasteiger partial charge in [0.25, 0.3) is 0 Å². The average molecular weight is 431 g/mol. The van der Waals surface area contributed by atoms with E-state index in [1.165, 1.54) is 22.7 Å². The minimum Gasteiger partial charge on any atom is -0.216 e. The molecule has 0 aliphatic rings. The van der Waals surface area contributed by atoms with Crippen LogP contribution in [0, 0.1) is 0 Å². The van der Waals surface area contributed by atoms with Crippen LogP contribution in [0.1, 0.15) is 0 Å². The third-order valence-corrected chi connectivity index (χ3v) is 5.04. The fourth-order valence-electron chi connectivity index (χ4n) is 0.494. The highest BCUT2D eigenvalue weighted by atomic mass is 79.9. The molecule has 0 atom stereocenters. The highest BCUT2D eigenvalue weighted by molar-refractivity contribution is 9.12. The van der Waals surface area contributed by atoms with E-state index in [0.29, 0.717) is 14.8 Å². The maximum absolute atomic E-state index is 5.55. The minimum absolute atomic E-state index is 0.468. The summed E-state index contributed by atoms with van der Waals surface area (Å²) >= 11 is 25.5. The smallest absolute Gasteiger partial charge is 0.185 e. The largest absolute Gasteiger partial charge is 0.216 e. The van der Waals surface area contributed by atoms with Crippen molar-refractivity contribution in [3.8, 4) is 0 Å². The molecule has 2 nitrogen and oxygen atoms in total. The Bertz CT molecular complexity index is 409. The quantitative estimate of drug-likeness (QED) is 0.529. The summed E-state index contributed by atoms with van der Waals surface area (Å²) in [6.45, 7) is 0. The molecule has 0 amide bonds. The Morgan fingerprint density at radius 2 is 1.80 bits per heavy atom. The summed E-state index contributed by atoms with van der Waals surface area (Å²) in [5, 5.41) is 2.67. The molecule has 0 spiro atoms. The number of hydrogen-bond acceptors (Lipinski definition) is 4. The highest BCUT2D eigenvalue weighted by Crippen LogP contribution is 2.31. The van der Waals surface area contributed by atoms with Gasteiger partial charge in [0, 0.05) is 5.38 Å². The van der Waals surface area contributed by atoms with Crippen LogP contribution in [0.4, 0.5) is 0 Å². The number of halogens is 5. The summed E-state index contributed by atoms with van der Waals surface area (Å²) in [4.78, 5) is 7.52. The van der Waals surface area contributed by atoms with E-state index in [1.807, 2.05) is 0 Å². The minimum atomic E-state index is 0.468. The van der Waals surface area contributed by atoms with Crippen LogP contribution >= 0.6 is 89.3 Å². The van der Waals surface area contributed by atoms with Crippen molar-refractivity contribution < 1.29 is 0 Å². The molecule has 2 aromatic rings. The Labute approximate surface area is 126 Å². The van der Waals surface area contributed by atoms with Crippen LogP contribution in [0.2, 0.25) is 14.8 Å². The van der Waals surface area contributed by atoms with Crippen molar-refractivity contribution >= 4 is 89.3 Å². The zero-order valence-corrected chi connectivity index (χ0v) is 13.8. The van der Waals surface area contributed by atoms with Gasteiger partial charge in [-0.3, -0.25) is 0 Å². The van der Waals surface area contributed by atoms with E-state index in [2.05, 4.69) is 41.8 Å². The summed E-state index contributed by atoms with van der Waals surface area (Å²) < 4.78 is 2.16. The molecule has 0 aliphatic heterocycles. The van der Waals surface area contributed by atoms with E-state index in [4.69, 9.17) is 34.8 Å². The molecule has 0 radical (unpaired) electrons. The molecule has 0 N–H and O–H groups in total. The molecular weight excluding hydrogens is 430 g/mol. The monoisotopic (exact) mass is 428 g/mol. The molecule has 82 valence electrons. The summed E-state index contributed by atoms with van der Waals surface area (Å²) in [5.41, 5.74) is 0. The standard InChI is InChI=1S/C3Br2ClNS.C3HCl2NS/c4-1-2(6)7-3(5)8-1;4-2-1-7-3(5)6-2/h;1H. The first kappa shape index (κ1) is 14.2. The number of aromatic nitrogens is 2. The van der Waals surface area contributed by atoms with Crippen molar-refractivity contribution in [1.29, 1.82) is 0 Å². The maximum Gasteiger partial charge on any atom is 0.185 e. The molecule has 2 aromatic heterocycles. The Kier molecular flexibility index (Phi) is 6.35. The van der Waals surface area contributed by atoms with Gasteiger partial charge < -0.3 is 0 Å². The molecule has 0 bridgehead atoms. The zero-order chi connectivity index (χ0) is 11.4. The zero-order valence-electron chi connectivity index (χ0n) is 6.68. The second-order valence-electron chi connectivity index (χ2n) is 1.95. The lowest BCUT2D eigenvalue weighted by atomic mass is 11.0. The van der Waals surface area contributed by atoms with Crippen molar-refractivity contribution in [2.45, 2.75) is 0 Å². The van der Waals surface area contributed by atoms with Crippen LogP contribution in [0.25, 0.3) is 0 Å². The Morgan fingerprint density at radius 1 is 1.13 bits per heavy atom. The molecule has 0 aromatic carbocycles. The van der Waals surface area contributed by atoms with Crippen molar-refractivity contribution in [1.82, 2.24) is 9.97 Å². The lowest BCUT2D eigenvalue weighted by Crippen LogP contribution is -1.57. The molecule has 0 saturated carbocycles. The van der Waals surface area contributed by atoms with Crippen LogP contribution in [0.5, 0.6) is 0 Å². The number of hydrogen-bond donors (Lipinski definition) is 0. The van der Waals surface area contributed by atoms with E-state index in [-0.39, 0.29) is 0 Å². The van der Waals surface area contributed by atoms with Gasteiger partial charge in [0.1, 0.15) is 8.94 Å². The first-order valence-corrected chi connectivity index (χ1v) is 7.64. The predicted molar refractivity (Wildman–Crippen MR) is 74.7 cm³/mol. The van der Waals surface area contributed by atoms with Gasteiger partial charge in [-0.15, -0.1) is 11.3 Å². The Balaban J connectivity index is 0.000000151. The van der Waals surface area contributed by atoms with E-state index in [1.54, 1.807) is 5.38 Å². The Hall–Kier alpha value is 1.09. The van der Waals surface area contributed by atoms with E-state index in [9.17, 15) is 0 Å². The van der Waals surface area contributed by atoms with Crippen LogP contribution in [0.15, 0.2) is 13.1 Å². The van der Waals surface area contributed by atoms with Gasteiger partial charge in [-0.25, -0.2) is 9.97 Å². The van der Waals surface area contributed by atoms with Gasteiger partial charge in [-0.05, 0) is 31.9 Å². The predicted octanol–water partition coefficient (Wildman–Crippen LogP) is 5.77. The topological polar surface area (TPSA) is 25.8 Å². The SMILES string of the molecule is Clc1csc(Cl)n1.Clc1nc(Br)sc1Br. The normalized spacial score (nSPS) is 9.67. The maximum atomic E-state index is 5.55. The van der Waals surface area contributed by atoms with Crippen LogP contribution in [-0.2, 0) is 0 Å². The van der Waals surface area contributed by atoms with E-state index < -0.39 is 0 Å². The average Bonchev–Trinajstić information content (AvgIpc) is 2.61. The lowest BCUT2D eigenvalue weighted by molar-refractivity contribution is 1.37. The molecule has 9 heteroatoms. The molecular formula is C6HBr2Cl3N2S2. The summed E-state index contributed by atoms with van der Waals surface area (Å²) in [5.74, 6) is 0. The molecule has 0 fully saturated rings. The van der Waals surface area contributed by atoms with Gasteiger partial charge >= 0.3 is 0 Å². The van der Waals surface area contributed by atoms with Gasteiger partial charge in [0.05, 0.1) is 0 Å². The molecule has 15 heavy (non-hydrogen) atoms. The van der Waals surface area contributed by atoms with Crippen molar-refractivity contribution in [3.63, 3.8) is 0 Å². The molecule has 0 saturated heterocycles. The van der Waals surface area contributed by atoms with Crippen molar-refractivity contribution in [3.05, 3.63) is 27.9 Å². The van der Waals surface area contributed by atoms with Crippen molar-refractivity contribution in [2.75, 3.05) is 0 Å². The molecule has 2 rings (SSSR count). The number of rotatable bonds is 0. The Morgan fingerprint density at radius 3 is 1.93 bits per heavy atom. The van der Waals surface area contributed by atoms with Crippen LogP contribution < -0.4 is 0 Å². The molecule has 0 aliphatic carbocycles. The highest BCUT2D eigenvalue weighted by Gasteiger charge is 2.01. The van der Waals surface area contributed by atoms with Gasteiger partial charge in [-0.1, -0.05) is 46.1 Å². The van der Waals surface area contributed by atoms with Gasteiger partial charge in [0.15, 0.2) is 13.5 Å². The van der Waals surface area contributed by atoms with E-state index >= 15 is 0 Å². The van der Waals surface area contributed by atoms with Crippen molar-refractivity contribution in [2.24, 2.45) is 0 Å². The summed E-state index contributed by atoms with van der Waals surface area (Å²) in [7, 11) is 0. The van der Waals surface area contributed by atoms with Crippen LogP contribution in [0.3, 0.4) is 0 Å². The fourth-order valence-corrected chi connectivity index (χ4v) is 4.06. The summed E-state index contributed by atoms with van der Waals surface area (Å²) in [6.07, 6.45) is 0. The van der Waals surface area contributed by atoms with Crippen LogP contribution in [-0.4, -0.2) is 9.97 Å². The second-order valence-corrected chi connectivity index (χ2v) is 7.73. The third kappa shape index (κ3) is 5.30. The number of thiazole rings is 2. The van der Waals surface area contributed by atoms with Gasteiger partial charge in [0.2, 0.25) is 0 Å². The molecule has 2 heterocycles. The summed E-state index contributed by atoms with van der Waals surface area (Å²) in [6, 6.07) is 0. The first-order valence-electron chi connectivity index (χ1n) is 3.23. The lowest BCUT2D eigenvalue weighted by Gasteiger charge is -1.71. The molecule has 0 unspecified atom stereocenters. The van der Waals surface area contributed by atoms with E-state index in [0.717, 1.165) is 7.70 Å². The van der Waals surface area contributed by atoms with Gasteiger partial charge in [-0.2, -0.15) is 0 Å². The third-order valence-electron chi connectivity index (χ3n) is 0.970. The fraction of sp³-hybridized carbons (Fsp3) is 0. The number of nitrogens with zero attached hydrogens (tertiary/aromatic N) is 2.